The van der Waals surface area contributed by atoms with Gasteiger partial charge in [0.15, 0.2) is 6.71 Å². The van der Waals surface area contributed by atoms with Crippen LogP contribution in [0.15, 0.2) is 54.6 Å². The quantitative estimate of drug-likeness (QED) is 0.563. The molecule has 0 saturated heterocycles. The van der Waals surface area contributed by atoms with Crippen LogP contribution in [0.3, 0.4) is 0 Å². The number of benzene rings is 2. The van der Waals surface area contributed by atoms with Gasteiger partial charge in [0.05, 0.1) is 6.61 Å². The highest BCUT2D eigenvalue weighted by Crippen LogP contribution is 2.09. The molecule has 0 unspecified atom stereocenters. The second kappa shape index (κ2) is 7.03. The van der Waals surface area contributed by atoms with Gasteiger partial charge in [-0.1, -0.05) is 61.6 Å². The van der Waals surface area contributed by atoms with E-state index in [2.05, 4.69) is 68.2 Å². The van der Waals surface area contributed by atoms with Gasteiger partial charge in [0.1, 0.15) is 5.75 Å². The van der Waals surface area contributed by atoms with Crippen LogP contribution in [0.2, 0.25) is 13.6 Å². The lowest BCUT2D eigenvalue weighted by atomic mass is 9.49. The van der Waals surface area contributed by atoms with Crippen LogP contribution in [-0.4, -0.2) is 13.3 Å². The SMILES string of the molecule is CB(C)c1ccc(OCCCc2ccccc2)cc1. The number of ether oxygens (including phenoxy) is 1. The molecule has 2 aromatic rings. The fourth-order valence-corrected chi connectivity index (χ4v) is 2.06. The van der Waals surface area contributed by atoms with Gasteiger partial charge in [0.2, 0.25) is 0 Å². The third-order valence-electron chi connectivity index (χ3n) is 3.27. The van der Waals surface area contributed by atoms with Gasteiger partial charge in [0.25, 0.3) is 0 Å². The molecule has 0 amide bonds. The summed E-state index contributed by atoms with van der Waals surface area (Å²) in [6.07, 6.45) is 2.13. The summed E-state index contributed by atoms with van der Waals surface area (Å²) in [6.45, 7) is 5.76. The molecule has 2 heteroatoms. The predicted octanol–water partition coefficient (Wildman–Crippen LogP) is 3.66. The molecule has 0 aromatic heterocycles. The first-order valence-electron chi connectivity index (χ1n) is 7.02. The molecule has 0 aliphatic rings. The van der Waals surface area contributed by atoms with Crippen LogP contribution in [-0.2, 0) is 6.42 Å². The number of hydrogen-bond donors (Lipinski definition) is 0. The molecule has 0 N–H and O–H groups in total. The molecule has 0 heterocycles. The molecule has 2 rings (SSSR count). The van der Waals surface area contributed by atoms with Crippen molar-refractivity contribution in [3.05, 3.63) is 60.2 Å². The van der Waals surface area contributed by atoms with Crippen LogP contribution in [0.5, 0.6) is 5.75 Å². The predicted molar refractivity (Wildman–Crippen MR) is 83.8 cm³/mol. The third-order valence-corrected chi connectivity index (χ3v) is 3.27. The Kier molecular flexibility index (Phi) is 5.08. The van der Waals surface area contributed by atoms with Crippen LogP contribution in [0, 0.1) is 0 Å². The van der Waals surface area contributed by atoms with Crippen LogP contribution in [0.1, 0.15) is 12.0 Å². The van der Waals surface area contributed by atoms with Crippen molar-refractivity contribution in [1.82, 2.24) is 0 Å². The minimum atomic E-state index is 0.576. The van der Waals surface area contributed by atoms with E-state index in [0.29, 0.717) is 6.71 Å². The lowest BCUT2D eigenvalue weighted by Crippen LogP contribution is -2.21. The molecule has 0 saturated carbocycles. The molecule has 1 nitrogen and oxygen atoms in total. The molecule has 0 aliphatic heterocycles. The Morgan fingerprint density at radius 3 is 2.21 bits per heavy atom. The smallest absolute Gasteiger partial charge is 0.169 e. The Morgan fingerprint density at radius 1 is 0.895 bits per heavy atom. The van der Waals surface area contributed by atoms with E-state index in [0.717, 1.165) is 25.2 Å². The second-order valence-corrected chi connectivity index (χ2v) is 5.16. The zero-order valence-electron chi connectivity index (χ0n) is 11.8. The van der Waals surface area contributed by atoms with Crippen LogP contribution in [0.4, 0.5) is 0 Å². The maximum atomic E-state index is 5.76. The molecule has 0 fully saturated rings. The fourth-order valence-electron chi connectivity index (χ4n) is 2.06. The molecular weight excluding hydrogens is 231 g/mol. The van der Waals surface area contributed by atoms with E-state index in [4.69, 9.17) is 4.74 Å². The van der Waals surface area contributed by atoms with Gasteiger partial charge in [-0.2, -0.15) is 0 Å². The molecule has 98 valence electrons. The first kappa shape index (κ1) is 13.7. The lowest BCUT2D eigenvalue weighted by Gasteiger charge is -2.08. The summed E-state index contributed by atoms with van der Waals surface area (Å²) in [5.41, 5.74) is 2.73. The van der Waals surface area contributed by atoms with Crippen LogP contribution >= 0.6 is 0 Å². The van der Waals surface area contributed by atoms with E-state index >= 15 is 0 Å². The Hall–Kier alpha value is -1.70. The van der Waals surface area contributed by atoms with E-state index in [1.54, 1.807) is 0 Å². The van der Waals surface area contributed by atoms with Crippen molar-refractivity contribution in [2.75, 3.05) is 6.61 Å². The number of aryl methyl sites for hydroxylation is 1. The highest BCUT2D eigenvalue weighted by molar-refractivity contribution is 6.70. The van der Waals surface area contributed by atoms with Gasteiger partial charge >= 0.3 is 0 Å². The number of hydrogen-bond acceptors (Lipinski definition) is 1. The van der Waals surface area contributed by atoms with Crippen molar-refractivity contribution < 1.29 is 4.74 Å². The summed E-state index contributed by atoms with van der Waals surface area (Å²) in [5.74, 6) is 0.970. The zero-order chi connectivity index (χ0) is 13.5. The molecule has 0 bridgehead atoms. The topological polar surface area (TPSA) is 9.23 Å². The van der Waals surface area contributed by atoms with E-state index in [9.17, 15) is 0 Å². The molecule has 2 aromatic carbocycles. The monoisotopic (exact) mass is 252 g/mol. The minimum Gasteiger partial charge on any atom is -0.494 e. The minimum absolute atomic E-state index is 0.576. The van der Waals surface area contributed by atoms with Crippen molar-refractivity contribution in [2.24, 2.45) is 0 Å². The lowest BCUT2D eigenvalue weighted by molar-refractivity contribution is 0.311. The first-order valence-corrected chi connectivity index (χ1v) is 7.02. The van der Waals surface area contributed by atoms with E-state index in [1.807, 2.05) is 0 Å². The summed E-state index contributed by atoms with van der Waals surface area (Å²) in [7, 11) is 0. The maximum Gasteiger partial charge on any atom is 0.169 e. The van der Waals surface area contributed by atoms with E-state index in [1.165, 1.54) is 11.0 Å². The average molecular weight is 252 g/mol. The summed E-state index contributed by atoms with van der Waals surface area (Å²) in [5, 5.41) is 0. The summed E-state index contributed by atoms with van der Waals surface area (Å²) in [4.78, 5) is 0. The highest BCUT2D eigenvalue weighted by atomic mass is 16.5. The van der Waals surface area contributed by atoms with Crippen molar-refractivity contribution in [3.8, 4) is 5.75 Å². The highest BCUT2D eigenvalue weighted by Gasteiger charge is 2.02. The van der Waals surface area contributed by atoms with Gasteiger partial charge in [-0.3, -0.25) is 0 Å². The summed E-state index contributed by atoms with van der Waals surface area (Å²) in [6, 6.07) is 19.0. The van der Waals surface area contributed by atoms with Gasteiger partial charge in [-0.25, -0.2) is 0 Å². The van der Waals surface area contributed by atoms with Crippen molar-refractivity contribution in [1.29, 1.82) is 0 Å². The van der Waals surface area contributed by atoms with Crippen molar-refractivity contribution in [2.45, 2.75) is 26.5 Å². The van der Waals surface area contributed by atoms with E-state index < -0.39 is 0 Å². The standard InChI is InChI=1S/C17H21BO/c1-18(2)16-10-12-17(13-11-16)19-14-6-9-15-7-4-3-5-8-15/h3-5,7-8,10-13H,6,9,14H2,1-2H3. The third kappa shape index (κ3) is 4.48. The van der Waals surface area contributed by atoms with Crippen LogP contribution < -0.4 is 10.2 Å². The molecule has 0 atom stereocenters. The Morgan fingerprint density at radius 2 is 1.58 bits per heavy atom. The average Bonchev–Trinajstić information content (AvgIpc) is 2.45. The van der Waals surface area contributed by atoms with Crippen molar-refractivity contribution >= 4 is 12.2 Å². The van der Waals surface area contributed by atoms with Gasteiger partial charge < -0.3 is 4.74 Å². The number of rotatable bonds is 6. The Bertz CT molecular complexity index is 476. The van der Waals surface area contributed by atoms with Crippen LogP contribution in [0.25, 0.3) is 0 Å². The molecular formula is C17H21BO. The normalized spacial score (nSPS) is 10.2. The van der Waals surface area contributed by atoms with Gasteiger partial charge in [-0.15, -0.1) is 0 Å². The zero-order valence-corrected chi connectivity index (χ0v) is 11.8. The van der Waals surface area contributed by atoms with Gasteiger partial charge in [0, 0.05) is 0 Å². The molecule has 0 aliphatic carbocycles. The molecule has 19 heavy (non-hydrogen) atoms. The maximum absolute atomic E-state index is 5.76. The Labute approximate surface area is 116 Å². The molecule has 0 radical (unpaired) electrons. The van der Waals surface area contributed by atoms with Crippen molar-refractivity contribution in [3.63, 3.8) is 0 Å². The summed E-state index contributed by atoms with van der Waals surface area (Å²) < 4.78 is 5.76. The second-order valence-electron chi connectivity index (χ2n) is 5.16. The van der Waals surface area contributed by atoms with E-state index in [-0.39, 0.29) is 0 Å². The molecule has 0 spiro atoms. The summed E-state index contributed by atoms with van der Waals surface area (Å²) >= 11 is 0. The first-order chi connectivity index (χ1) is 9.25. The van der Waals surface area contributed by atoms with Gasteiger partial charge in [-0.05, 0) is 30.5 Å². The largest absolute Gasteiger partial charge is 0.494 e. The Balaban J connectivity index is 1.74. The fraction of sp³-hybridized carbons (Fsp3) is 0.294.